The predicted octanol–water partition coefficient (Wildman–Crippen LogP) is -3.58. The molecule has 2 rings (SSSR count). The zero-order chi connectivity index (χ0) is 12.8. The lowest BCUT2D eigenvalue weighted by Gasteiger charge is -2.26. The summed E-state index contributed by atoms with van der Waals surface area (Å²) in [5, 5.41) is 4.66. The zero-order valence-corrected chi connectivity index (χ0v) is 14.1. The lowest BCUT2D eigenvalue weighted by molar-refractivity contribution is -0.00100. The molecule has 1 aliphatic rings. The smallest absolute Gasteiger partial charge is 0.0637 e. The molecule has 0 amide bonds. The van der Waals surface area contributed by atoms with Gasteiger partial charge in [-0.05, 0) is 11.6 Å². The molecule has 7 heteroatoms. The van der Waals surface area contributed by atoms with E-state index in [0.29, 0.717) is 10.0 Å². The third kappa shape index (κ3) is 6.35. The van der Waals surface area contributed by atoms with Gasteiger partial charge in [-0.25, -0.2) is 0 Å². The minimum atomic E-state index is 0. The molecule has 1 heterocycles. The number of benzene rings is 1. The van der Waals surface area contributed by atoms with E-state index in [4.69, 9.17) is 27.9 Å². The molecule has 1 aliphatic heterocycles. The summed E-state index contributed by atoms with van der Waals surface area (Å²) < 4.78 is 5.31. The molecule has 0 radical (unpaired) electrons. The van der Waals surface area contributed by atoms with E-state index in [0.717, 1.165) is 51.5 Å². The molecule has 1 aromatic carbocycles. The second-order valence-electron chi connectivity index (χ2n) is 4.34. The van der Waals surface area contributed by atoms with Gasteiger partial charge in [-0.15, -0.1) is 0 Å². The Morgan fingerprint density at radius 2 is 1.85 bits per heavy atom. The van der Waals surface area contributed by atoms with Crippen LogP contribution in [0.1, 0.15) is 5.56 Å². The topological polar surface area (TPSA) is 24.5 Å². The molecule has 1 saturated heterocycles. The first-order valence-corrected chi connectivity index (χ1v) is 6.96. The number of ether oxygens (including phenoxy) is 1. The van der Waals surface area contributed by atoms with Crippen LogP contribution in [0.25, 0.3) is 0 Å². The Bertz CT molecular complexity index is 387. The molecule has 1 fully saturated rings. The molecule has 116 valence electrons. The highest BCUT2D eigenvalue weighted by Gasteiger charge is 2.09. The lowest BCUT2D eigenvalue weighted by Crippen LogP contribution is -3.00. The van der Waals surface area contributed by atoms with Crippen LogP contribution in [0.2, 0.25) is 10.0 Å². The van der Waals surface area contributed by atoms with Crippen molar-refractivity contribution in [3.05, 3.63) is 33.8 Å². The van der Waals surface area contributed by atoms with Crippen LogP contribution in [0.4, 0.5) is 0 Å². The van der Waals surface area contributed by atoms with Gasteiger partial charge in [-0.3, -0.25) is 4.90 Å². The van der Waals surface area contributed by atoms with Crippen LogP contribution in [0, 0.1) is 0 Å². The van der Waals surface area contributed by atoms with Gasteiger partial charge in [-0.2, -0.15) is 0 Å². The average molecular weight is 360 g/mol. The van der Waals surface area contributed by atoms with Gasteiger partial charge in [0.2, 0.25) is 0 Å². The number of rotatable bonds is 5. The molecule has 0 atom stereocenters. The van der Waals surface area contributed by atoms with E-state index in [1.54, 1.807) is 6.07 Å². The maximum Gasteiger partial charge on any atom is 0.0637 e. The van der Waals surface area contributed by atoms with Crippen LogP contribution >= 0.6 is 23.2 Å². The molecule has 0 spiro atoms. The average Bonchev–Trinajstić information content (AvgIpc) is 2.40. The summed E-state index contributed by atoms with van der Waals surface area (Å²) in [5.74, 6) is 0. The number of halogens is 4. The Hall–Kier alpha value is 0.260. The van der Waals surface area contributed by atoms with Crippen molar-refractivity contribution in [2.75, 3.05) is 39.4 Å². The lowest BCUT2D eigenvalue weighted by atomic mass is 10.2. The summed E-state index contributed by atoms with van der Waals surface area (Å²) in [6, 6.07) is 5.73. The van der Waals surface area contributed by atoms with Crippen molar-refractivity contribution < 1.29 is 29.6 Å². The largest absolute Gasteiger partial charge is 1.00 e. The number of hydrogen-bond acceptors (Lipinski definition) is 3. The fourth-order valence-electron chi connectivity index (χ4n) is 1.97. The first kappa shape index (κ1) is 20.3. The summed E-state index contributed by atoms with van der Waals surface area (Å²) in [5.41, 5.74) is 1.05. The fourth-order valence-corrected chi connectivity index (χ4v) is 2.36. The molecular weight excluding hydrogens is 342 g/mol. The van der Waals surface area contributed by atoms with Gasteiger partial charge in [-0.1, -0.05) is 35.3 Å². The number of nitrogens with one attached hydrogen (secondary N) is 1. The first-order valence-electron chi connectivity index (χ1n) is 6.21. The molecule has 0 unspecified atom stereocenters. The Kier molecular flexibility index (Phi) is 11.1. The Morgan fingerprint density at radius 3 is 2.55 bits per heavy atom. The van der Waals surface area contributed by atoms with E-state index in [-0.39, 0.29) is 24.8 Å². The summed E-state index contributed by atoms with van der Waals surface area (Å²) in [4.78, 5) is 2.40. The highest BCUT2D eigenvalue weighted by Crippen LogP contribution is 2.25. The quantitative estimate of drug-likeness (QED) is 0.550. The molecule has 0 aromatic heterocycles. The van der Waals surface area contributed by atoms with Crippen molar-refractivity contribution in [2.24, 2.45) is 0 Å². The second kappa shape index (κ2) is 10.9. The summed E-state index contributed by atoms with van der Waals surface area (Å²) >= 11 is 12.1. The van der Waals surface area contributed by atoms with Gasteiger partial charge in [0.1, 0.15) is 0 Å². The normalized spacial score (nSPS) is 15.3. The second-order valence-corrected chi connectivity index (χ2v) is 5.13. The van der Waals surface area contributed by atoms with Crippen molar-refractivity contribution in [3.8, 4) is 0 Å². The number of morpholine rings is 1. The SMILES string of the molecule is Clc1cccc(CNCCN2CCOCC2)c1Cl.[Cl-].[Cl-]. The summed E-state index contributed by atoms with van der Waals surface area (Å²) in [6.07, 6.45) is 0. The van der Waals surface area contributed by atoms with Gasteiger partial charge in [0.05, 0.1) is 23.3 Å². The van der Waals surface area contributed by atoms with Gasteiger partial charge in [0, 0.05) is 32.7 Å². The molecule has 0 aliphatic carbocycles. The van der Waals surface area contributed by atoms with Crippen molar-refractivity contribution in [1.29, 1.82) is 0 Å². The van der Waals surface area contributed by atoms with Crippen LogP contribution in [0.5, 0.6) is 0 Å². The van der Waals surface area contributed by atoms with Gasteiger partial charge < -0.3 is 34.9 Å². The third-order valence-electron chi connectivity index (χ3n) is 3.06. The third-order valence-corrected chi connectivity index (χ3v) is 3.91. The Morgan fingerprint density at radius 1 is 1.15 bits per heavy atom. The van der Waals surface area contributed by atoms with Crippen molar-refractivity contribution in [2.45, 2.75) is 6.54 Å². The molecule has 1 aromatic rings. The van der Waals surface area contributed by atoms with Gasteiger partial charge >= 0.3 is 0 Å². The van der Waals surface area contributed by atoms with Crippen LogP contribution in [-0.4, -0.2) is 44.3 Å². The highest BCUT2D eigenvalue weighted by atomic mass is 35.5. The minimum absolute atomic E-state index is 0. The van der Waals surface area contributed by atoms with Gasteiger partial charge in [0.25, 0.3) is 0 Å². The van der Waals surface area contributed by atoms with Crippen molar-refractivity contribution >= 4 is 23.2 Å². The predicted molar refractivity (Wildman–Crippen MR) is 75.4 cm³/mol. The van der Waals surface area contributed by atoms with Crippen LogP contribution in [-0.2, 0) is 11.3 Å². The van der Waals surface area contributed by atoms with Crippen molar-refractivity contribution in [1.82, 2.24) is 10.2 Å². The highest BCUT2D eigenvalue weighted by molar-refractivity contribution is 6.42. The molecule has 0 bridgehead atoms. The fraction of sp³-hybridized carbons (Fsp3) is 0.538. The van der Waals surface area contributed by atoms with Crippen molar-refractivity contribution in [3.63, 3.8) is 0 Å². The summed E-state index contributed by atoms with van der Waals surface area (Å²) in [6.45, 7) is 6.49. The monoisotopic (exact) mass is 358 g/mol. The zero-order valence-electron chi connectivity index (χ0n) is 11.0. The van der Waals surface area contributed by atoms with Crippen LogP contribution in [0.15, 0.2) is 18.2 Å². The van der Waals surface area contributed by atoms with E-state index in [1.807, 2.05) is 12.1 Å². The maximum absolute atomic E-state index is 6.12. The molecule has 1 N–H and O–H groups in total. The van der Waals surface area contributed by atoms with E-state index in [1.165, 1.54) is 0 Å². The van der Waals surface area contributed by atoms with Gasteiger partial charge in [0.15, 0.2) is 0 Å². The van der Waals surface area contributed by atoms with E-state index < -0.39 is 0 Å². The van der Waals surface area contributed by atoms with E-state index in [2.05, 4.69) is 10.2 Å². The molecule has 3 nitrogen and oxygen atoms in total. The van der Waals surface area contributed by atoms with Crippen LogP contribution < -0.4 is 30.1 Å². The minimum Gasteiger partial charge on any atom is -1.00 e. The number of hydrogen-bond donors (Lipinski definition) is 1. The first-order chi connectivity index (χ1) is 8.77. The maximum atomic E-state index is 6.12. The standard InChI is InChI=1S/C13H18Cl2N2O.2ClH/c14-12-3-1-2-11(13(12)15)10-16-4-5-17-6-8-18-9-7-17;;/h1-3,16H,4-10H2;2*1H/p-2. The Labute approximate surface area is 142 Å². The molecule has 0 saturated carbocycles. The molecular formula is C13H18Cl4N2O-2. The van der Waals surface area contributed by atoms with E-state index >= 15 is 0 Å². The van der Waals surface area contributed by atoms with E-state index in [9.17, 15) is 0 Å². The number of nitrogens with zero attached hydrogens (tertiary/aromatic N) is 1. The van der Waals surface area contributed by atoms with Crippen LogP contribution in [0.3, 0.4) is 0 Å². The summed E-state index contributed by atoms with van der Waals surface area (Å²) in [7, 11) is 0. The molecule has 20 heavy (non-hydrogen) atoms. The Balaban J connectivity index is 0.00000180.